The van der Waals surface area contributed by atoms with E-state index in [2.05, 4.69) is 64.2 Å². The van der Waals surface area contributed by atoms with Gasteiger partial charge in [-0.05, 0) is 41.7 Å². The lowest BCUT2D eigenvalue weighted by Gasteiger charge is -2.19. The lowest BCUT2D eigenvalue weighted by molar-refractivity contribution is 0.601. The van der Waals surface area contributed by atoms with Gasteiger partial charge in [-0.1, -0.05) is 72.8 Å². The second-order valence-corrected chi connectivity index (χ2v) is 9.87. The molecule has 0 aliphatic carbocycles. The number of nitrogens with zero attached hydrogens (tertiary/aromatic N) is 1. The van der Waals surface area contributed by atoms with Crippen molar-refractivity contribution in [3.63, 3.8) is 0 Å². The van der Waals surface area contributed by atoms with E-state index in [1.54, 1.807) is 13.1 Å². The molecular formula is C26H31N3O2S. The van der Waals surface area contributed by atoms with Gasteiger partial charge in [0, 0.05) is 32.3 Å². The van der Waals surface area contributed by atoms with E-state index in [0.29, 0.717) is 17.4 Å². The maximum Gasteiger partial charge on any atom is 0.191 e. The van der Waals surface area contributed by atoms with Crippen LogP contribution < -0.4 is 10.6 Å². The predicted octanol–water partition coefficient (Wildman–Crippen LogP) is 4.29. The third-order valence-electron chi connectivity index (χ3n) is 5.45. The van der Waals surface area contributed by atoms with Gasteiger partial charge in [0.05, 0.1) is 4.90 Å². The van der Waals surface area contributed by atoms with Crippen molar-refractivity contribution in [1.29, 1.82) is 0 Å². The van der Waals surface area contributed by atoms with E-state index in [0.717, 1.165) is 30.1 Å². The number of aryl methyl sites for hydroxylation is 1. The molecule has 0 fully saturated rings. The van der Waals surface area contributed by atoms with Crippen molar-refractivity contribution in [3.05, 3.63) is 101 Å². The molecule has 0 spiro atoms. The van der Waals surface area contributed by atoms with Crippen molar-refractivity contribution < 1.29 is 8.42 Å². The molecule has 0 heterocycles. The van der Waals surface area contributed by atoms with E-state index in [-0.39, 0.29) is 0 Å². The predicted molar refractivity (Wildman–Crippen MR) is 132 cm³/mol. The Balaban J connectivity index is 1.59. The van der Waals surface area contributed by atoms with E-state index >= 15 is 0 Å². The van der Waals surface area contributed by atoms with Crippen LogP contribution in [-0.2, 0) is 16.4 Å². The fraction of sp³-hybridized carbons (Fsp3) is 0.269. The van der Waals surface area contributed by atoms with Gasteiger partial charge in [0.15, 0.2) is 15.8 Å². The Kier molecular flexibility index (Phi) is 8.06. The first-order chi connectivity index (χ1) is 15.4. The van der Waals surface area contributed by atoms with Crippen LogP contribution in [0.4, 0.5) is 0 Å². The number of hydrogen-bond acceptors (Lipinski definition) is 3. The molecular weight excluding hydrogens is 418 g/mol. The zero-order valence-electron chi connectivity index (χ0n) is 18.9. The van der Waals surface area contributed by atoms with E-state index < -0.39 is 9.84 Å². The van der Waals surface area contributed by atoms with Crippen molar-refractivity contribution in [3.8, 4) is 0 Å². The Morgan fingerprint density at radius 3 is 2.00 bits per heavy atom. The van der Waals surface area contributed by atoms with E-state index in [1.165, 1.54) is 17.4 Å². The molecule has 168 valence electrons. The molecule has 32 heavy (non-hydrogen) atoms. The molecule has 6 heteroatoms. The first-order valence-corrected chi connectivity index (χ1v) is 12.6. The summed E-state index contributed by atoms with van der Waals surface area (Å²) in [6.07, 6.45) is 2.16. The zero-order chi connectivity index (χ0) is 23.0. The van der Waals surface area contributed by atoms with Gasteiger partial charge in [-0.2, -0.15) is 0 Å². The number of guanidine groups is 1. The summed E-state index contributed by atoms with van der Waals surface area (Å²) >= 11 is 0. The third kappa shape index (κ3) is 6.44. The van der Waals surface area contributed by atoms with Crippen molar-refractivity contribution in [1.82, 2.24) is 10.6 Å². The van der Waals surface area contributed by atoms with Crippen molar-refractivity contribution in [2.24, 2.45) is 4.99 Å². The van der Waals surface area contributed by atoms with Gasteiger partial charge in [-0.25, -0.2) is 8.42 Å². The second kappa shape index (κ2) is 11.0. The molecule has 0 amide bonds. The van der Waals surface area contributed by atoms with Gasteiger partial charge in [0.2, 0.25) is 0 Å². The summed E-state index contributed by atoms with van der Waals surface area (Å²) in [5.41, 5.74) is 4.35. The van der Waals surface area contributed by atoms with Crippen molar-refractivity contribution in [2.75, 3.05) is 19.8 Å². The summed E-state index contributed by atoms with van der Waals surface area (Å²) in [5.74, 6) is 1.02. The molecule has 0 bridgehead atoms. The summed E-state index contributed by atoms with van der Waals surface area (Å²) in [6, 6.07) is 26.5. The Bertz CT molecular complexity index is 1100. The maximum absolute atomic E-state index is 11.8. The average molecular weight is 450 g/mol. The second-order valence-electron chi connectivity index (χ2n) is 7.89. The number of rotatable bonds is 8. The molecule has 3 aromatic carbocycles. The standard InChI is InChI=1S/C26H31N3O2S/c1-20-18-21(14-15-25(20)32(3,30)31)19-29-26(27-2)28-17-16-24(22-10-6-4-7-11-22)23-12-8-5-9-13-23/h4-15,18,24H,16-17,19H2,1-3H3,(H2,27,28,29). The normalized spacial score (nSPS) is 12.1. The van der Waals surface area contributed by atoms with E-state index in [4.69, 9.17) is 0 Å². The maximum atomic E-state index is 11.8. The Morgan fingerprint density at radius 2 is 1.50 bits per heavy atom. The highest BCUT2D eigenvalue weighted by Crippen LogP contribution is 2.27. The number of sulfone groups is 1. The highest BCUT2D eigenvalue weighted by molar-refractivity contribution is 7.90. The SMILES string of the molecule is CN=C(NCCC(c1ccccc1)c1ccccc1)NCc1ccc(S(C)(=O)=O)c(C)c1. The number of aliphatic imine (C=N–C) groups is 1. The molecule has 0 radical (unpaired) electrons. The number of nitrogens with one attached hydrogen (secondary N) is 2. The Morgan fingerprint density at radius 1 is 0.906 bits per heavy atom. The van der Waals surface area contributed by atoms with Gasteiger partial charge < -0.3 is 10.6 Å². The fourth-order valence-corrected chi connectivity index (χ4v) is 4.83. The van der Waals surface area contributed by atoms with Crippen LogP contribution in [0.25, 0.3) is 0 Å². The highest BCUT2D eigenvalue weighted by atomic mass is 32.2. The number of hydrogen-bond donors (Lipinski definition) is 2. The van der Waals surface area contributed by atoms with Crippen LogP contribution in [0.1, 0.15) is 34.6 Å². The van der Waals surface area contributed by atoms with E-state index in [1.807, 2.05) is 31.2 Å². The lowest BCUT2D eigenvalue weighted by Crippen LogP contribution is -2.37. The van der Waals surface area contributed by atoms with Gasteiger partial charge in [0.25, 0.3) is 0 Å². The number of benzene rings is 3. The van der Waals surface area contributed by atoms with E-state index in [9.17, 15) is 8.42 Å². The quantitative estimate of drug-likeness (QED) is 0.398. The average Bonchev–Trinajstić information content (AvgIpc) is 2.79. The van der Waals surface area contributed by atoms with Crippen LogP contribution in [0, 0.1) is 6.92 Å². The monoisotopic (exact) mass is 449 g/mol. The van der Waals surface area contributed by atoms with Gasteiger partial charge in [0.1, 0.15) is 0 Å². The van der Waals surface area contributed by atoms with Crippen LogP contribution >= 0.6 is 0 Å². The lowest BCUT2D eigenvalue weighted by atomic mass is 9.88. The Hall–Kier alpha value is -3.12. The summed E-state index contributed by atoms with van der Waals surface area (Å²) in [4.78, 5) is 4.70. The highest BCUT2D eigenvalue weighted by Gasteiger charge is 2.14. The molecule has 0 unspecified atom stereocenters. The summed E-state index contributed by atoms with van der Waals surface area (Å²) in [5, 5.41) is 6.72. The smallest absolute Gasteiger partial charge is 0.191 e. The molecule has 5 nitrogen and oxygen atoms in total. The summed E-state index contributed by atoms with van der Waals surface area (Å²) in [6.45, 7) is 3.14. The minimum absolute atomic E-state index is 0.300. The third-order valence-corrected chi connectivity index (χ3v) is 6.71. The summed E-state index contributed by atoms with van der Waals surface area (Å²) in [7, 11) is -1.46. The summed E-state index contributed by atoms with van der Waals surface area (Å²) < 4.78 is 23.6. The van der Waals surface area contributed by atoms with Crippen LogP contribution in [-0.4, -0.2) is 34.2 Å². The molecule has 2 N–H and O–H groups in total. The molecule has 3 aromatic rings. The fourth-order valence-electron chi connectivity index (χ4n) is 3.88. The minimum Gasteiger partial charge on any atom is -0.356 e. The largest absolute Gasteiger partial charge is 0.356 e. The van der Waals surface area contributed by atoms with Crippen molar-refractivity contribution >= 4 is 15.8 Å². The zero-order valence-corrected chi connectivity index (χ0v) is 19.7. The molecule has 0 aliphatic rings. The first-order valence-electron chi connectivity index (χ1n) is 10.7. The van der Waals surface area contributed by atoms with Gasteiger partial charge >= 0.3 is 0 Å². The minimum atomic E-state index is -3.21. The molecule has 0 saturated heterocycles. The van der Waals surface area contributed by atoms with Crippen LogP contribution in [0.15, 0.2) is 88.8 Å². The van der Waals surface area contributed by atoms with Crippen LogP contribution in [0.5, 0.6) is 0 Å². The topological polar surface area (TPSA) is 70.6 Å². The molecule has 0 saturated carbocycles. The molecule has 3 rings (SSSR count). The molecule has 0 aliphatic heterocycles. The first kappa shape index (κ1) is 23.5. The van der Waals surface area contributed by atoms with Crippen LogP contribution in [0.3, 0.4) is 0 Å². The Labute approximate surface area is 191 Å². The molecule has 0 atom stereocenters. The molecule has 0 aromatic heterocycles. The van der Waals surface area contributed by atoms with Crippen molar-refractivity contribution in [2.45, 2.75) is 30.7 Å². The van der Waals surface area contributed by atoms with Crippen LogP contribution in [0.2, 0.25) is 0 Å². The van der Waals surface area contributed by atoms with Gasteiger partial charge in [-0.15, -0.1) is 0 Å². The van der Waals surface area contributed by atoms with Gasteiger partial charge in [-0.3, -0.25) is 4.99 Å².